The number of fused-ring (bicyclic) bond motifs is 1. The lowest BCUT2D eigenvalue weighted by Crippen LogP contribution is -2.41. The fourth-order valence-electron chi connectivity index (χ4n) is 3.08. The van der Waals surface area contributed by atoms with Gasteiger partial charge in [0, 0.05) is 5.39 Å². The SMILES string of the molecule is CS(=O)(=O)N(CC(=O)NCCOc1cccc2ccccc12)c1ccc(C(F)(F)F)cc1. The van der Waals surface area contributed by atoms with Gasteiger partial charge in [0.15, 0.2) is 0 Å². The van der Waals surface area contributed by atoms with Gasteiger partial charge in [0.25, 0.3) is 0 Å². The van der Waals surface area contributed by atoms with Crippen LogP contribution in [0.25, 0.3) is 10.8 Å². The average molecular weight is 466 g/mol. The lowest BCUT2D eigenvalue weighted by molar-refractivity contribution is -0.137. The Morgan fingerprint density at radius 3 is 2.31 bits per heavy atom. The van der Waals surface area contributed by atoms with Crippen LogP contribution in [-0.2, 0) is 21.0 Å². The quantitative estimate of drug-likeness (QED) is 0.512. The van der Waals surface area contributed by atoms with Gasteiger partial charge >= 0.3 is 6.18 Å². The smallest absolute Gasteiger partial charge is 0.416 e. The van der Waals surface area contributed by atoms with Gasteiger partial charge in [-0.3, -0.25) is 9.10 Å². The van der Waals surface area contributed by atoms with Crippen molar-refractivity contribution in [2.24, 2.45) is 0 Å². The Labute approximate surface area is 183 Å². The third-order valence-corrected chi connectivity index (χ3v) is 5.74. The van der Waals surface area contributed by atoms with Gasteiger partial charge in [-0.1, -0.05) is 36.4 Å². The molecular weight excluding hydrogens is 445 g/mol. The molecular formula is C22H21F3N2O4S. The standard InChI is InChI=1S/C22H21F3N2O4S/c1-32(29,30)27(18-11-9-17(10-12-18)22(23,24)25)15-21(28)26-13-14-31-20-8-4-6-16-5-2-3-7-19(16)20/h2-12H,13-15H2,1H3,(H,26,28). The molecule has 170 valence electrons. The van der Waals surface area contributed by atoms with Gasteiger partial charge in [0.05, 0.1) is 24.1 Å². The maximum Gasteiger partial charge on any atom is 0.416 e. The number of rotatable bonds is 8. The zero-order chi connectivity index (χ0) is 23.4. The molecule has 0 fully saturated rings. The van der Waals surface area contributed by atoms with Gasteiger partial charge in [-0.2, -0.15) is 13.2 Å². The summed E-state index contributed by atoms with van der Waals surface area (Å²) in [6.07, 6.45) is -3.67. The summed E-state index contributed by atoms with van der Waals surface area (Å²) in [6.45, 7) is -0.302. The van der Waals surface area contributed by atoms with E-state index in [1.165, 1.54) is 0 Å². The molecule has 0 aliphatic rings. The zero-order valence-corrected chi connectivity index (χ0v) is 17.9. The second-order valence-electron chi connectivity index (χ2n) is 6.99. The Morgan fingerprint density at radius 2 is 1.66 bits per heavy atom. The summed E-state index contributed by atoms with van der Waals surface area (Å²) >= 11 is 0. The summed E-state index contributed by atoms with van der Waals surface area (Å²) in [4.78, 5) is 12.3. The second-order valence-corrected chi connectivity index (χ2v) is 8.90. The highest BCUT2D eigenvalue weighted by molar-refractivity contribution is 7.92. The number of carbonyl (C=O) groups excluding carboxylic acids is 1. The zero-order valence-electron chi connectivity index (χ0n) is 17.1. The fraction of sp³-hybridized carbons (Fsp3) is 0.227. The van der Waals surface area contributed by atoms with Gasteiger partial charge in [-0.25, -0.2) is 8.42 Å². The molecule has 0 bridgehead atoms. The summed E-state index contributed by atoms with van der Waals surface area (Å²) in [5.74, 6) is 0.0386. The van der Waals surface area contributed by atoms with E-state index < -0.39 is 34.2 Å². The first-order valence-electron chi connectivity index (χ1n) is 9.58. The van der Waals surface area contributed by atoms with Crippen molar-refractivity contribution in [1.82, 2.24) is 5.32 Å². The van der Waals surface area contributed by atoms with Crippen LogP contribution in [0.3, 0.4) is 0 Å². The van der Waals surface area contributed by atoms with Gasteiger partial charge in [0.1, 0.15) is 18.9 Å². The van der Waals surface area contributed by atoms with E-state index >= 15 is 0 Å². The van der Waals surface area contributed by atoms with E-state index in [2.05, 4.69) is 5.32 Å². The van der Waals surface area contributed by atoms with Crippen LogP contribution in [0.4, 0.5) is 18.9 Å². The third kappa shape index (κ3) is 5.91. The van der Waals surface area contributed by atoms with Crippen LogP contribution in [0.1, 0.15) is 5.56 Å². The molecule has 0 spiro atoms. The summed E-state index contributed by atoms with van der Waals surface area (Å²) in [5, 5.41) is 4.49. The Hall–Kier alpha value is -3.27. The van der Waals surface area contributed by atoms with Gasteiger partial charge < -0.3 is 10.1 Å². The molecule has 0 aliphatic heterocycles. The number of carbonyl (C=O) groups is 1. The maximum absolute atomic E-state index is 12.7. The third-order valence-electron chi connectivity index (χ3n) is 4.60. The first-order valence-corrected chi connectivity index (χ1v) is 11.4. The van der Waals surface area contributed by atoms with Gasteiger partial charge in [0.2, 0.25) is 15.9 Å². The molecule has 0 unspecified atom stereocenters. The number of nitrogens with one attached hydrogen (secondary N) is 1. The predicted octanol–water partition coefficient (Wildman–Crippen LogP) is 3.82. The van der Waals surface area contributed by atoms with Crippen molar-refractivity contribution in [2.75, 3.05) is 30.3 Å². The number of anilines is 1. The van der Waals surface area contributed by atoms with E-state index in [0.29, 0.717) is 5.75 Å². The molecule has 0 saturated carbocycles. The van der Waals surface area contributed by atoms with Crippen LogP contribution in [0.2, 0.25) is 0 Å². The highest BCUT2D eigenvalue weighted by Crippen LogP contribution is 2.31. The molecule has 1 amide bonds. The Morgan fingerprint density at radius 1 is 1.00 bits per heavy atom. The van der Waals surface area contributed by atoms with E-state index in [1.54, 1.807) is 6.07 Å². The minimum atomic E-state index is -4.55. The number of alkyl halides is 3. The molecule has 0 saturated heterocycles. The lowest BCUT2D eigenvalue weighted by Gasteiger charge is -2.22. The number of halogens is 3. The van der Waals surface area contributed by atoms with Crippen LogP contribution in [0.5, 0.6) is 5.75 Å². The lowest BCUT2D eigenvalue weighted by atomic mass is 10.1. The van der Waals surface area contributed by atoms with E-state index in [-0.39, 0.29) is 18.8 Å². The molecule has 1 N–H and O–H groups in total. The first-order chi connectivity index (χ1) is 15.1. The Balaban J connectivity index is 1.59. The van der Waals surface area contributed by atoms with Crippen molar-refractivity contribution in [3.63, 3.8) is 0 Å². The average Bonchev–Trinajstić information content (AvgIpc) is 2.74. The van der Waals surface area contributed by atoms with E-state index in [0.717, 1.165) is 45.6 Å². The summed E-state index contributed by atoms with van der Waals surface area (Å²) in [6, 6.07) is 16.8. The number of hydrogen-bond donors (Lipinski definition) is 1. The Bertz CT molecular complexity index is 1190. The molecule has 32 heavy (non-hydrogen) atoms. The first kappa shape index (κ1) is 23.4. The molecule has 0 aliphatic carbocycles. The van der Waals surface area contributed by atoms with Crippen molar-refractivity contribution < 1.29 is 31.1 Å². The topological polar surface area (TPSA) is 75.7 Å². The minimum Gasteiger partial charge on any atom is -0.491 e. The summed E-state index contributed by atoms with van der Waals surface area (Å²) in [7, 11) is -3.90. The second kappa shape index (κ2) is 9.47. The van der Waals surface area contributed by atoms with Crippen LogP contribution in [-0.4, -0.2) is 40.3 Å². The van der Waals surface area contributed by atoms with E-state index in [9.17, 15) is 26.4 Å². The van der Waals surface area contributed by atoms with Crippen LogP contribution >= 0.6 is 0 Å². The van der Waals surface area contributed by atoms with Gasteiger partial charge in [-0.15, -0.1) is 0 Å². The molecule has 10 heteroatoms. The molecule has 3 aromatic rings. The molecule has 0 radical (unpaired) electrons. The van der Waals surface area contributed by atoms with Crippen LogP contribution in [0.15, 0.2) is 66.7 Å². The van der Waals surface area contributed by atoms with Crippen LogP contribution in [0, 0.1) is 0 Å². The summed E-state index contributed by atoms with van der Waals surface area (Å²) < 4.78 is 68.9. The highest BCUT2D eigenvalue weighted by Gasteiger charge is 2.30. The van der Waals surface area contributed by atoms with Crippen LogP contribution < -0.4 is 14.4 Å². The predicted molar refractivity (Wildman–Crippen MR) is 116 cm³/mol. The molecule has 0 heterocycles. The molecule has 6 nitrogen and oxygen atoms in total. The molecule has 0 atom stereocenters. The molecule has 3 aromatic carbocycles. The van der Waals surface area contributed by atoms with Crippen molar-refractivity contribution >= 4 is 32.4 Å². The number of benzene rings is 3. The van der Waals surface area contributed by atoms with E-state index in [4.69, 9.17) is 4.74 Å². The normalized spacial score (nSPS) is 11.9. The minimum absolute atomic E-state index is 0.0392. The van der Waals surface area contributed by atoms with Crippen molar-refractivity contribution in [3.05, 3.63) is 72.3 Å². The van der Waals surface area contributed by atoms with Crippen molar-refractivity contribution in [3.8, 4) is 5.75 Å². The monoisotopic (exact) mass is 466 g/mol. The fourth-order valence-corrected chi connectivity index (χ4v) is 3.93. The Kier molecular flexibility index (Phi) is 6.93. The highest BCUT2D eigenvalue weighted by atomic mass is 32.2. The maximum atomic E-state index is 12.7. The number of nitrogens with zero attached hydrogens (tertiary/aromatic N) is 1. The number of amides is 1. The number of hydrogen-bond acceptors (Lipinski definition) is 4. The molecule has 3 rings (SSSR count). The van der Waals surface area contributed by atoms with Crippen molar-refractivity contribution in [1.29, 1.82) is 0 Å². The number of sulfonamides is 1. The van der Waals surface area contributed by atoms with Gasteiger partial charge in [-0.05, 0) is 35.7 Å². The molecule has 0 aromatic heterocycles. The summed E-state index contributed by atoms with van der Waals surface area (Å²) in [5.41, 5.74) is -0.951. The largest absolute Gasteiger partial charge is 0.491 e. The van der Waals surface area contributed by atoms with Crippen molar-refractivity contribution in [2.45, 2.75) is 6.18 Å². The number of ether oxygens (including phenoxy) is 1. The van der Waals surface area contributed by atoms with E-state index in [1.807, 2.05) is 36.4 Å².